The van der Waals surface area contributed by atoms with Crippen LogP contribution in [0.4, 0.5) is 0 Å². The number of esters is 1. The van der Waals surface area contributed by atoms with Gasteiger partial charge in [0.1, 0.15) is 76.7 Å². The predicted octanol–water partition coefficient (Wildman–Crippen LogP) is -2.04. The Morgan fingerprint density at radius 3 is 1.75 bits per heavy atom. The number of aliphatic hydroxyl groups is 6. The molecule has 382 valence electrons. The lowest BCUT2D eigenvalue weighted by molar-refractivity contribution is -0.373. The second-order valence-electron chi connectivity index (χ2n) is 15.9. The van der Waals surface area contributed by atoms with Gasteiger partial charge in [-0.1, -0.05) is 12.1 Å². The van der Waals surface area contributed by atoms with Crippen molar-refractivity contribution in [2.75, 3.05) is 14.2 Å². The minimum absolute atomic E-state index is 0.0896. The van der Waals surface area contributed by atoms with Crippen molar-refractivity contribution >= 4 is 40.9 Å². The van der Waals surface area contributed by atoms with E-state index in [1.807, 2.05) is 0 Å². The molecule has 4 heterocycles. The van der Waals surface area contributed by atoms with Gasteiger partial charge in [-0.2, -0.15) is 0 Å². The molecule has 3 aliphatic rings. The number of aliphatic hydroxyl groups excluding tert-OH is 6. The van der Waals surface area contributed by atoms with E-state index in [1.165, 1.54) is 50.6 Å². The first kappa shape index (κ1) is 51.7. The Labute approximate surface area is 396 Å². The zero-order chi connectivity index (χ0) is 51.7. The van der Waals surface area contributed by atoms with E-state index in [1.54, 1.807) is 0 Å². The molecule has 27 heteroatoms. The summed E-state index contributed by atoms with van der Waals surface area (Å²) in [6.45, 7) is 0. The van der Waals surface area contributed by atoms with Gasteiger partial charge in [0.05, 0.1) is 14.2 Å². The van der Waals surface area contributed by atoms with Crippen molar-refractivity contribution in [3.8, 4) is 45.8 Å². The number of carbonyl (C=O) groups is 4. The summed E-state index contributed by atoms with van der Waals surface area (Å²) < 4.78 is 55.5. The molecule has 1 aromatic heterocycles. The van der Waals surface area contributed by atoms with Crippen molar-refractivity contribution in [3.63, 3.8) is 0 Å². The van der Waals surface area contributed by atoms with Crippen molar-refractivity contribution < 1.29 is 128 Å². The summed E-state index contributed by atoms with van der Waals surface area (Å²) in [4.78, 5) is 63.7. The van der Waals surface area contributed by atoms with E-state index in [9.17, 15) is 85.3 Å². The van der Waals surface area contributed by atoms with E-state index < -0.39 is 144 Å². The molecular formula is C44H44O27. The maximum absolute atomic E-state index is 13.5. The van der Waals surface area contributed by atoms with E-state index >= 15 is 0 Å². The third-order valence-corrected chi connectivity index (χ3v) is 11.3. The molecule has 0 spiro atoms. The molecule has 3 aliphatic heterocycles. The molecule has 71 heavy (non-hydrogen) atoms. The zero-order valence-corrected chi connectivity index (χ0v) is 36.5. The van der Waals surface area contributed by atoms with E-state index in [0.717, 1.165) is 30.4 Å². The number of carboxylic acids is 3. The number of methoxy groups -OCH3 is 2. The number of rotatable bonds is 15. The number of fused-ring (bicyclic) bond motifs is 1. The molecular weight excluding hydrogens is 960 g/mol. The number of phenolic OH excluding ortho intramolecular Hbond substituents is 3. The average Bonchev–Trinajstić information content (AvgIpc) is 3.32. The van der Waals surface area contributed by atoms with Crippen molar-refractivity contribution in [2.45, 2.75) is 92.1 Å². The number of aliphatic carboxylic acids is 3. The highest BCUT2D eigenvalue weighted by molar-refractivity contribution is 5.88. The lowest BCUT2D eigenvalue weighted by atomic mass is 9.95. The van der Waals surface area contributed by atoms with Crippen molar-refractivity contribution in [1.82, 2.24) is 0 Å². The molecule has 4 aromatic rings. The highest BCUT2D eigenvalue weighted by Gasteiger charge is 2.58. The molecule has 27 nitrogen and oxygen atoms in total. The molecule has 0 aliphatic carbocycles. The summed E-state index contributed by atoms with van der Waals surface area (Å²) in [6.07, 6.45) is -33.5. The standard InChI is InChI=1S/C44H44O27/c1-62-22-9-15(10-23(63-2)26(22)49)20-13-19(47)25-18(46)11-17(12-21(25)65-20)64-43-37(30(53)29(52)35(69-43)40(58)59)71-44-38(66-24(48)8-5-14-3-6-16(45)7-4-14)33(32(55)36(70-44)41(60)61)67-42-31(54)27(50)28(51)34(68-42)39(56)57/h3-13,27-38,42-46,49-55H,1-2H3,(H,56,57)(H,58,59)(H,60,61). The van der Waals surface area contributed by atoms with Crippen LogP contribution < -0.4 is 19.6 Å². The van der Waals surface area contributed by atoms with Crippen LogP contribution in [0, 0.1) is 0 Å². The first-order chi connectivity index (χ1) is 33.6. The second-order valence-corrected chi connectivity index (χ2v) is 15.9. The van der Waals surface area contributed by atoms with Gasteiger partial charge in [-0.15, -0.1) is 0 Å². The van der Waals surface area contributed by atoms with Crippen molar-refractivity contribution in [2.24, 2.45) is 0 Å². The Morgan fingerprint density at radius 2 is 1.15 bits per heavy atom. The smallest absolute Gasteiger partial charge is 0.335 e. The van der Waals surface area contributed by atoms with E-state index in [2.05, 4.69) is 0 Å². The van der Waals surface area contributed by atoms with E-state index in [4.69, 9.17) is 47.0 Å². The molecule has 3 saturated heterocycles. The molecule has 0 amide bonds. The maximum atomic E-state index is 13.5. The lowest BCUT2D eigenvalue weighted by Crippen LogP contribution is -2.68. The molecule has 15 atom stereocenters. The molecule has 15 unspecified atom stereocenters. The number of phenols is 3. The van der Waals surface area contributed by atoms with Crippen molar-refractivity contribution in [1.29, 1.82) is 0 Å². The minimum Gasteiger partial charge on any atom is -0.508 e. The van der Waals surface area contributed by atoms with Crippen LogP contribution in [0.3, 0.4) is 0 Å². The Kier molecular flexibility index (Phi) is 15.3. The Balaban J connectivity index is 1.28. The van der Waals surface area contributed by atoms with Crippen LogP contribution in [0.25, 0.3) is 28.4 Å². The van der Waals surface area contributed by atoms with Crippen molar-refractivity contribution in [3.05, 3.63) is 76.5 Å². The normalized spacial score (nSPS) is 30.9. The van der Waals surface area contributed by atoms with Gasteiger partial charge in [0.2, 0.25) is 12.0 Å². The van der Waals surface area contributed by atoms with Gasteiger partial charge in [-0.25, -0.2) is 19.2 Å². The SMILES string of the molecule is COc1cc(-c2cc(=O)c3c(O)cc(OC4OC(C(=O)O)C(O)C(O)C4OC4OC(C(=O)O)C(O)C(OC5OC(C(=O)O)C(O)C(O)C5O)C4OC(=O)C=Cc4ccc(O)cc4)cc3o2)cc(OC)c1O. The molecule has 7 rings (SSSR count). The largest absolute Gasteiger partial charge is 0.508 e. The Bertz CT molecular complexity index is 2690. The third kappa shape index (κ3) is 10.6. The average molecular weight is 1000 g/mol. The summed E-state index contributed by atoms with van der Waals surface area (Å²) in [5.74, 6) is -9.28. The number of ether oxygens (including phenoxy) is 9. The first-order valence-corrected chi connectivity index (χ1v) is 20.8. The Morgan fingerprint density at radius 1 is 0.606 bits per heavy atom. The fraction of sp³-hybridized carbons (Fsp3) is 0.386. The number of carbonyl (C=O) groups excluding carboxylic acids is 1. The van der Waals surface area contributed by atoms with Gasteiger partial charge in [0, 0.05) is 29.8 Å². The van der Waals surface area contributed by atoms with Crippen LogP contribution in [0.15, 0.2) is 69.9 Å². The highest BCUT2D eigenvalue weighted by Crippen LogP contribution is 2.42. The van der Waals surface area contributed by atoms with Crippen LogP contribution in [0.5, 0.6) is 34.5 Å². The maximum Gasteiger partial charge on any atom is 0.335 e. The number of hydrogen-bond donors (Lipinski definition) is 12. The second kappa shape index (κ2) is 21.1. The Hall–Kier alpha value is -7.15. The summed E-state index contributed by atoms with van der Waals surface area (Å²) >= 11 is 0. The van der Waals surface area contributed by atoms with Gasteiger partial charge in [-0.3, -0.25) is 4.79 Å². The summed E-state index contributed by atoms with van der Waals surface area (Å²) in [5.41, 5.74) is -0.783. The van der Waals surface area contributed by atoms with E-state index in [-0.39, 0.29) is 34.3 Å². The highest BCUT2D eigenvalue weighted by atomic mass is 16.8. The quantitative estimate of drug-likeness (QED) is 0.0451. The van der Waals surface area contributed by atoms with Gasteiger partial charge < -0.3 is 108 Å². The van der Waals surface area contributed by atoms with Crippen LogP contribution >= 0.6 is 0 Å². The fourth-order valence-corrected chi connectivity index (χ4v) is 7.72. The monoisotopic (exact) mass is 1000 g/mol. The van der Waals surface area contributed by atoms with Crippen LogP contribution in [-0.2, 0) is 47.6 Å². The molecule has 3 aromatic carbocycles. The lowest BCUT2D eigenvalue weighted by Gasteiger charge is -2.47. The van der Waals surface area contributed by atoms with Gasteiger partial charge in [0.25, 0.3) is 0 Å². The zero-order valence-electron chi connectivity index (χ0n) is 36.5. The number of hydrogen-bond acceptors (Lipinski definition) is 24. The number of benzene rings is 3. The summed E-state index contributed by atoms with van der Waals surface area (Å²) in [6, 6.07) is 10.7. The van der Waals surface area contributed by atoms with E-state index in [0.29, 0.717) is 5.56 Å². The van der Waals surface area contributed by atoms with Gasteiger partial charge >= 0.3 is 23.9 Å². The van der Waals surface area contributed by atoms with Gasteiger partial charge in [0.15, 0.2) is 60.0 Å². The summed E-state index contributed by atoms with van der Waals surface area (Å²) in [7, 11) is 2.48. The molecule has 3 fully saturated rings. The topological polar surface area (TPSA) is 424 Å². The predicted molar refractivity (Wildman–Crippen MR) is 227 cm³/mol. The molecule has 12 N–H and O–H groups in total. The fourth-order valence-electron chi connectivity index (χ4n) is 7.72. The van der Waals surface area contributed by atoms with Crippen LogP contribution in [0.1, 0.15) is 5.56 Å². The van der Waals surface area contributed by atoms with Crippen LogP contribution in [0.2, 0.25) is 0 Å². The third-order valence-electron chi connectivity index (χ3n) is 11.3. The van der Waals surface area contributed by atoms with Crippen LogP contribution in [-0.4, -0.2) is 191 Å². The minimum atomic E-state index is -2.49. The van der Waals surface area contributed by atoms with Gasteiger partial charge in [-0.05, 0) is 35.9 Å². The number of aromatic hydroxyl groups is 3. The molecule has 0 bridgehead atoms. The molecule has 0 radical (unpaired) electrons. The first-order valence-electron chi connectivity index (χ1n) is 20.8. The molecule has 0 saturated carbocycles. The number of carboxylic acid groups (broad SMARTS) is 3. The summed E-state index contributed by atoms with van der Waals surface area (Å²) in [5, 5.41) is 126.